The molecule has 0 saturated carbocycles. The monoisotopic (exact) mass is 480 g/mol. The topological polar surface area (TPSA) is 224 Å². The van der Waals surface area contributed by atoms with Gasteiger partial charge in [0, 0.05) is 12.1 Å². The Kier molecular flexibility index (Phi) is 5.97. The number of ether oxygens (including phenoxy) is 3. The second-order valence-electron chi connectivity index (χ2n) is 7.78. The van der Waals surface area contributed by atoms with Crippen LogP contribution in [0.15, 0.2) is 30.3 Å². The number of benzene rings is 2. The predicted molar refractivity (Wildman–Crippen MR) is 106 cm³/mol. The van der Waals surface area contributed by atoms with Crippen LogP contribution in [0.5, 0.6) is 28.7 Å². The van der Waals surface area contributed by atoms with Crippen LogP contribution in [-0.2, 0) is 14.3 Å². The highest BCUT2D eigenvalue weighted by Crippen LogP contribution is 2.44. The third-order valence-electron chi connectivity index (χ3n) is 5.52. The molecule has 13 nitrogen and oxygen atoms in total. The van der Waals surface area contributed by atoms with Gasteiger partial charge in [-0.1, -0.05) is 6.07 Å². The molecular weight excluding hydrogens is 460 g/mol. The number of hydrogen-bond donors (Lipinski definition) is 8. The van der Waals surface area contributed by atoms with Crippen LogP contribution in [0.25, 0.3) is 0 Å². The van der Waals surface area contributed by atoms with E-state index in [2.05, 4.69) is 0 Å². The number of phenols is 4. The number of fused-ring (bicyclic) bond motifs is 1. The summed E-state index contributed by atoms with van der Waals surface area (Å²) in [7, 11) is 0. The van der Waals surface area contributed by atoms with Crippen LogP contribution in [0.2, 0.25) is 0 Å². The van der Waals surface area contributed by atoms with Gasteiger partial charge >= 0.3 is 5.97 Å². The van der Waals surface area contributed by atoms with Gasteiger partial charge < -0.3 is 55.1 Å². The Morgan fingerprint density at radius 1 is 0.882 bits per heavy atom. The fraction of sp³-hybridized carbons (Fsp3) is 0.333. The van der Waals surface area contributed by atoms with Crippen LogP contribution in [0, 0.1) is 0 Å². The lowest BCUT2D eigenvalue weighted by Crippen LogP contribution is -2.61. The highest BCUT2D eigenvalue weighted by molar-refractivity contribution is 6.05. The molecule has 0 bridgehead atoms. The van der Waals surface area contributed by atoms with Gasteiger partial charge in [0.05, 0.1) is 0 Å². The summed E-state index contributed by atoms with van der Waals surface area (Å²) in [5.74, 6) is -4.99. The lowest BCUT2D eigenvalue weighted by Gasteiger charge is -2.41. The Hall–Kier alpha value is -3.62. The summed E-state index contributed by atoms with van der Waals surface area (Å²) in [5.41, 5.74) is -0.328. The van der Waals surface area contributed by atoms with Gasteiger partial charge in [0.25, 0.3) is 0 Å². The molecule has 2 heterocycles. The van der Waals surface area contributed by atoms with Crippen LogP contribution in [-0.4, -0.2) is 89.4 Å². The Bertz CT molecular complexity index is 1130. The molecule has 7 atom stereocenters. The van der Waals surface area contributed by atoms with Gasteiger partial charge in [-0.2, -0.15) is 0 Å². The maximum atomic E-state index is 13.3. The molecule has 1 fully saturated rings. The Labute approximate surface area is 190 Å². The average molecular weight is 480 g/mol. The van der Waals surface area contributed by atoms with E-state index in [1.165, 1.54) is 6.07 Å². The number of ketones is 1. The molecule has 0 aliphatic carbocycles. The van der Waals surface area contributed by atoms with Crippen molar-refractivity contribution < 1.29 is 64.7 Å². The molecule has 0 aromatic heterocycles. The van der Waals surface area contributed by atoms with E-state index in [0.717, 1.165) is 24.3 Å². The van der Waals surface area contributed by atoms with E-state index < -0.39 is 83.2 Å². The normalized spacial score (nSPS) is 30.9. The third-order valence-corrected chi connectivity index (χ3v) is 5.52. The number of Topliss-reactive ketones (excluding diaryl/α,β-unsaturated/α-hetero) is 1. The van der Waals surface area contributed by atoms with E-state index in [1.54, 1.807) is 0 Å². The van der Waals surface area contributed by atoms with E-state index in [-0.39, 0.29) is 11.3 Å². The molecule has 0 amide bonds. The van der Waals surface area contributed by atoms with Gasteiger partial charge in [-0.05, 0) is 17.7 Å². The molecule has 13 heteroatoms. The zero-order valence-electron chi connectivity index (χ0n) is 17.0. The highest BCUT2D eigenvalue weighted by atomic mass is 16.7. The summed E-state index contributed by atoms with van der Waals surface area (Å²) >= 11 is 0. The molecule has 4 rings (SSSR count). The van der Waals surface area contributed by atoms with E-state index in [1.807, 2.05) is 0 Å². The van der Waals surface area contributed by atoms with E-state index in [0.29, 0.717) is 0 Å². The van der Waals surface area contributed by atoms with E-state index >= 15 is 0 Å². The minimum absolute atomic E-state index is 0.0720. The van der Waals surface area contributed by atoms with E-state index in [4.69, 9.17) is 14.2 Å². The minimum Gasteiger partial charge on any atom is -0.508 e. The second kappa shape index (κ2) is 8.62. The first kappa shape index (κ1) is 23.5. The number of phenolic OH excluding ortho intramolecular Hbond substituents is 4. The van der Waals surface area contributed by atoms with Gasteiger partial charge in [-0.15, -0.1) is 0 Å². The molecular formula is C21H20O13. The molecule has 2 aliphatic rings. The van der Waals surface area contributed by atoms with Gasteiger partial charge in [-0.3, -0.25) is 4.79 Å². The number of rotatable bonds is 4. The van der Waals surface area contributed by atoms with Crippen molar-refractivity contribution in [3.8, 4) is 28.7 Å². The van der Waals surface area contributed by atoms with Gasteiger partial charge in [-0.25, -0.2) is 4.79 Å². The Balaban J connectivity index is 1.76. The van der Waals surface area contributed by atoms with Crippen molar-refractivity contribution in [1.29, 1.82) is 0 Å². The second-order valence-corrected chi connectivity index (χ2v) is 7.78. The number of carboxylic acid groups (broad SMARTS) is 1. The van der Waals surface area contributed by atoms with E-state index in [9.17, 15) is 50.4 Å². The number of aliphatic carboxylic acids is 1. The zero-order chi connectivity index (χ0) is 24.9. The standard InChI is InChI=1S/C21H20O13/c22-7-4-10(25)12-11(5-7)32-17(6-1-2-8(23)9(24)3-6)18(13(12)26)33-21-16(29)14(27)15(28)19(34-21)20(30)31/h1-5,14-19,21-25,27-29H,(H,30,31)/t14-,15-,16+,17-,18+,19-,21-/m0/s1. The summed E-state index contributed by atoms with van der Waals surface area (Å²) < 4.78 is 16.3. The predicted octanol–water partition coefficient (Wildman–Crippen LogP) is -0.897. The summed E-state index contributed by atoms with van der Waals surface area (Å²) in [6.07, 6.45) is -13.1. The third kappa shape index (κ3) is 3.95. The smallest absolute Gasteiger partial charge is 0.335 e. The molecule has 2 aromatic carbocycles. The van der Waals surface area contributed by atoms with Crippen LogP contribution in [0.4, 0.5) is 0 Å². The highest BCUT2D eigenvalue weighted by Gasteiger charge is 2.51. The maximum Gasteiger partial charge on any atom is 0.335 e. The summed E-state index contributed by atoms with van der Waals surface area (Å²) in [6.45, 7) is 0. The number of hydrogen-bond acceptors (Lipinski definition) is 12. The van der Waals surface area contributed by atoms with Gasteiger partial charge in [0.15, 0.2) is 36.1 Å². The van der Waals surface area contributed by atoms with Crippen molar-refractivity contribution in [2.75, 3.05) is 0 Å². The number of aliphatic hydroxyl groups excluding tert-OH is 3. The Morgan fingerprint density at radius 2 is 1.59 bits per heavy atom. The lowest BCUT2D eigenvalue weighted by atomic mass is 9.92. The molecule has 0 spiro atoms. The maximum absolute atomic E-state index is 13.3. The fourth-order valence-corrected chi connectivity index (χ4v) is 3.81. The van der Waals surface area contributed by atoms with Crippen LogP contribution in [0.3, 0.4) is 0 Å². The van der Waals surface area contributed by atoms with Crippen molar-refractivity contribution in [2.45, 2.75) is 42.9 Å². The lowest BCUT2D eigenvalue weighted by molar-refractivity contribution is -0.304. The van der Waals surface area contributed by atoms with Crippen molar-refractivity contribution in [3.05, 3.63) is 41.5 Å². The van der Waals surface area contributed by atoms with Gasteiger partial charge in [0.2, 0.25) is 5.78 Å². The number of aliphatic hydroxyl groups is 3. The molecule has 8 N–H and O–H groups in total. The fourth-order valence-electron chi connectivity index (χ4n) is 3.81. The first-order valence-electron chi connectivity index (χ1n) is 9.86. The SMILES string of the molecule is O=C(O)[C@H]1O[C@H](O[C@@H]2C(=O)c3c(O)cc(O)cc3O[C@H]2c2ccc(O)c(O)c2)[C@H](O)[C@@H](O)[C@@H]1O. The number of aromatic hydroxyl groups is 4. The van der Waals surface area contributed by atoms with Crippen LogP contribution >= 0.6 is 0 Å². The van der Waals surface area contributed by atoms with Crippen molar-refractivity contribution in [1.82, 2.24) is 0 Å². The molecule has 0 radical (unpaired) electrons. The quantitative estimate of drug-likeness (QED) is 0.249. The van der Waals surface area contributed by atoms with Crippen molar-refractivity contribution >= 4 is 11.8 Å². The number of carboxylic acids is 1. The largest absolute Gasteiger partial charge is 0.508 e. The summed E-state index contributed by atoms with van der Waals surface area (Å²) in [5, 5.41) is 78.9. The first-order valence-corrected chi connectivity index (χ1v) is 9.86. The van der Waals surface area contributed by atoms with Crippen LogP contribution in [0.1, 0.15) is 22.0 Å². The van der Waals surface area contributed by atoms with Crippen LogP contribution < -0.4 is 4.74 Å². The summed E-state index contributed by atoms with van der Waals surface area (Å²) in [4.78, 5) is 24.7. The first-order chi connectivity index (χ1) is 16.0. The average Bonchev–Trinajstić information content (AvgIpc) is 2.76. The molecule has 182 valence electrons. The number of carbonyl (C=O) groups is 2. The van der Waals surface area contributed by atoms with Crippen molar-refractivity contribution in [2.24, 2.45) is 0 Å². The molecule has 2 aliphatic heterocycles. The zero-order valence-corrected chi connectivity index (χ0v) is 17.0. The van der Waals surface area contributed by atoms with Gasteiger partial charge in [0.1, 0.15) is 41.1 Å². The molecule has 2 aromatic rings. The Morgan fingerprint density at radius 3 is 2.24 bits per heavy atom. The molecule has 0 unspecified atom stereocenters. The summed E-state index contributed by atoms with van der Waals surface area (Å²) in [6, 6.07) is 5.33. The van der Waals surface area contributed by atoms with Crippen molar-refractivity contribution in [3.63, 3.8) is 0 Å². The number of carbonyl (C=O) groups excluding carboxylic acids is 1. The minimum atomic E-state index is -2.01. The molecule has 1 saturated heterocycles. The molecule has 34 heavy (non-hydrogen) atoms.